The first-order valence-electron chi connectivity index (χ1n) is 8.58. The summed E-state index contributed by atoms with van der Waals surface area (Å²) in [4.78, 5) is 15.3. The number of fused-ring (bicyclic) bond motifs is 1. The molecule has 1 unspecified atom stereocenters. The summed E-state index contributed by atoms with van der Waals surface area (Å²) in [5, 5.41) is 9.03. The van der Waals surface area contributed by atoms with Crippen molar-refractivity contribution in [2.75, 3.05) is 7.11 Å². The largest absolute Gasteiger partial charge is 0.497 e. The summed E-state index contributed by atoms with van der Waals surface area (Å²) in [5.74, 6) is -0.286. The number of aryl methyl sites for hydroxylation is 2. The Hall–Kier alpha value is -2.72. The molecule has 0 aliphatic rings. The number of ether oxygens (including phenoxy) is 2. The highest BCUT2D eigenvalue weighted by atomic mass is 32.2. The number of carboxylic acids is 1. The van der Waals surface area contributed by atoms with Gasteiger partial charge in [-0.2, -0.15) is 0 Å². The average Bonchev–Trinajstić information content (AvgIpc) is 2.95. The van der Waals surface area contributed by atoms with Crippen molar-refractivity contribution in [1.29, 1.82) is 0 Å². The molecule has 1 heterocycles. The Kier molecular flexibility index (Phi) is 5.50. The zero-order chi connectivity index (χ0) is 21.5. The summed E-state index contributed by atoms with van der Waals surface area (Å²) in [6, 6.07) is 7.88. The molecule has 0 bridgehead atoms. The summed E-state index contributed by atoms with van der Waals surface area (Å²) in [7, 11) is -2.52. The summed E-state index contributed by atoms with van der Waals surface area (Å²) in [6.45, 7) is 4.65. The fourth-order valence-corrected chi connectivity index (χ4v) is 5.44. The molecule has 0 amide bonds. The molecule has 1 aromatic heterocycles. The lowest BCUT2D eigenvalue weighted by Crippen LogP contribution is -2.23. The van der Waals surface area contributed by atoms with Gasteiger partial charge in [-0.15, -0.1) is 12.6 Å². The van der Waals surface area contributed by atoms with E-state index in [1.54, 1.807) is 32.0 Å². The Balaban J connectivity index is 2.14. The van der Waals surface area contributed by atoms with Crippen molar-refractivity contribution in [3.8, 4) is 11.5 Å². The number of imidazole rings is 1. The third-order valence-corrected chi connectivity index (χ3v) is 6.84. The molecule has 1 N–H and O–H groups in total. The number of nitrogens with zero attached hydrogens (tertiary/aromatic N) is 2. The lowest BCUT2D eigenvalue weighted by atomic mass is 10.1. The van der Waals surface area contributed by atoms with Crippen LogP contribution in [0, 0.1) is 13.8 Å². The predicted molar refractivity (Wildman–Crippen MR) is 110 cm³/mol. The van der Waals surface area contributed by atoms with Crippen LogP contribution in [0.25, 0.3) is 11.0 Å². The second kappa shape index (κ2) is 7.60. The summed E-state index contributed by atoms with van der Waals surface area (Å²) >= 11 is 4.26. The molecule has 29 heavy (non-hydrogen) atoms. The topological polar surface area (TPSA) is 108 Å². The second-order valence-electron chi connectivity index (χ2n) is 6.52. The number of hydrogen-bond acceptors (Lipinski definition) is 7. The Bertz CT molecular complexity index is 1190. The van der Waals surface area contributed by atoms with Crippen LogP contribution in [0.15, 0.2) is 40.4 Å². The van der Waals surface area contributed by atoms with Crippen LogP contribution in [-0.2, 0) is 14.8 Å². The van der Waals surface area contributed by atoms with E-state index in [-0.39, 0.29) is 15.8 Å². The summed E-state index contributed by atoms with van der Waals surface area (Å²) in [5.41, 5.74) is 1.64. The molecular weight excluding hydrogens is 416 g/mol. The molecule has 0 spiro atoms. The van der Waals surface area contributed by atoms with Gasteiger partial charge >= 0.3 is 5.97 Å². The van der Waals surface area contributed by atoms with E-state index in [1.165, 1.54) is 26.2 Å². The van der Waals surface area contributed by atoms with E-state index >= 15 is 0 Å². The van der Waals surface area contributed by atoms with Crippen molar-refractivity contribution < 1.29 is 27.8 Å². The first-order valence-corrected chi connectivity index (χ1v) is 10.5. The minimum Gasteiger partial charge on any atom is -0.497 e. The van der Waals surface area contributed by atoms with Crippen molar-refractivity contribution in [2.45, 2.75) is 36.9 Å². The maximum Gasteiger partial charge on any atom is 0.344 e. The van der Waals surface area contributed by atoms with Crippen molar-refractivity contribution in [2.24, 2.45) is 0 Å². The molecule has 0 radical (unpaired) electrons. The molecule has 3 rings (SSSR count). The minimum absolute atomic E-state index is 0.0203. The Morgan fingerprint density at radius 2 is 1.79 bits per heavy atom. The first-order chi connectivity index (χ1) is 13.6. The highest BCUT2D eigenvalue weighted by molar-refractivity contribution is 7.91. The molecule has 0 aliphatic heterocycles. The van der Waals surface area contributed by atoms with E-state index < -0.39 is 22.1 Å². The van der Waals surface area contributed by atoms with Crippen LogP contribution < -0.4 is 9.47 Å². The Morgan fingerprint density at radius 3 is 2.34 bits per heavy atom. The van der Waals surface area contributed by atoms with Crippen LogP contribution in [0.5, 0.6) is 11.5 Å². The fraction of sp³-hybridized carbons (Fsp3) is 0.263. The molecule has 8 nitrogen and oxygen atoms in total. The van der Waals surface area contributed by atoms with E-state index in [1.807, 2.05) is 0 Å². The maximum absolute atomic E-state index is 13.5. The van der Waals surface area contributed by atoms with Crippen LogP contribution in [0.4, 0.5) is 0 Å². The molecule has 0 saturated carbocycles. The molecular formula is C19H20N2O6S2. The van der Waals surface area contributed by atoms with Crippen LogP contribution in [0.1, 0.15) is 18.1 Å². The number of aliphatic carboxylic acids is 1. The SMILES string of the molecule is COc1ccc2c(c1)nc(S)n2S(=O)(=O)c1c(C)cc(OC(C)C(=O)O)cc1C. The van der Waals surface area contributed by atoms with Crippen LogP contribution in [0.2, 0.25) is 0 Å². The van der Waals surface area contributed by atoms with Gasteiger partial charge in [0.05, 0.1) is 23.0 Å². The van der Waals surface area contributed by atoms with Gasteiger partial charge in [-0.3, -0.25) is 0 Å². The number of hydrogen-bond donors (Lipinski definition) is 2. The summed E-state index contributed by atoms with van der Waals surface area (Å²) < 4.78 is 38.6. The van der Waals surface area contributed by atoms with Crippen LogP contribution in [0.3, 0.4) is 0 Å². The maximum atomic E-state index is 13.5. The first kappa shape index (κ1) is 21.0. The second-order valence-corrected chi connectivity index (χ2v) is 8.64. The zero-order valence-corrected chi connectivity index (χ0v) is 17.9. The number of rotatable bonds is 6. The van der Waals surface area contributed by atoms with Gasteiger partial charge in [0, 0.05) is 6.07 Å². The van der Waals surface area contributed by atoms with E-state index in [2.05, 4.69) is 17.6 Å². The highest BCUT2D eigenvalue weighted by Crippen LogP contribution is 2.32. The van der Waals surface area contributed by atoms with Gasteiger partial charge < -0.3 is 14.6 Å². The summed E-state index contributed by atoms with van der Waals surface area (Å²) in [6.07, 6.45) is -1.06. The minimum atomic E-state index is -4.03. The van der Waals surface area contributed by atoms with Gasteiger partial charge in [0.1, 0.15) is 11.5 Å². The van der Waals surface area contributed by atoms with E-state index in [0.717, 1.165) is 3.97 Å². The normalized spacial score (nSPS) is 12.7. The van der Waals surface area contributed by atoms with Gasteiger partial charge in [0.25, 0.3) is 10.0 Å². The Labute approximate surface area is 173 Å². The van der Waals surface area contributed by atoms with Gasteiger partial charge in [0.15, 0.2) is 11.3 Å². The van der Waals surface area contributed by atoms with E-state index in [0.29, 0.717) is 27.9 Å². The number of carboxylic acid groups (broad SMARTS) is 1. The quantitative estimate of drug-likeness (QED) is 0.572. The molecule has 1 atom stereocenters. The van der Waals surface area contributed by atoms with Crippen molar-refractivity contribution in [1.82, 2.24) is 8.96 Å². The van der Waals surface area contributed by atoms with E-state index in [9.17, 15) is 13.2 Å². The fourth-order valence-electron chi connectivity index (χ4n) is 3.12. The molecule has 0 fully saturated rings. The van der Waals surface area contributed by atoms with Gasteiger partial charge in [-0.25, -0.2) is 22.2 Å². The number of thiol groups is 1. The zero-order valence-electron chi connectivity index (χ0n) is 16.2. The molecule has 2 aromatic carbocycles. The lowest BCUT2D eigenvalue weighted by Gasteiger charge is -2.17. The molecule has 3 aromatic rings. The Morgan fingerprint density at radius 1 is 1.17 bits per heavy atom. The smallest absolute Gasteiger partial charge is 0.344 e. The number of carbonyl (C=O) groups is 1. The third-order valence-electron chi connectivity index (χ3n) is 4.40. The van der Waals surface area contributed by atoms with Gasteiger partial charge in [0.2, 0.25) is 0 Å². The molecule has 0 aliphatic carbocycles. The highest BCUT2D eigenvalue weighted by Gasteiger charge is 2.27. The van der Waals surface area contributed by atoms with Crippen molar-refractivity contribution >= 4 is 39.7 Å². The van der Waals surface area contributed by atoms with E-state index in [4.69, 9.17) is 14.6 Å². The van der Waals surface area contributed by atoms with Gasteiger partial charge in [-0.05, 0) is 56.2 Å². The van der Waals surface area contributed by atoms with Crippen LogP contribution in [-0.4, -0.2) is 41.7 Å². The monoisotopic (exact) mass is 436 g/mol. The van der Waals surface area contributed by atoms with Crippen molar-refractivity contribution in [3.05, 3.63) is 41.5 Å². The van der Waals surface area contributed by atoms with Crippen LogP contribution >= 0.6 is 12.6 Å². The predicted octanol–water partition coefficient (Wildman–Crippen LogP) is 3.04. The number of aromatic nitrogens is 2. The van der Waals surface area contributed by atoms with Gasteiger partial charge in [-0.1, -0.05) is 0 Å². The lowest BCUT2D eigenvalue weighted by molar-refractivity contribution is -0.144. The molecule has 154 valence electrons. The molecule has 10 heteroatoms. The standard InChI is InChI=1S/C19H20N2O6S2/c1-10-7-14(27-12(3)18(22)23)8-11(2)17(10)29(24,25)21-16-6-5-13(26-4)9-15(16)20-19(21)28/h5-9,12H,1-4H3,(H,20,28)(H,22,23). The van der Waals surface area contributed by atoms with Crippen molar-refractivity contribution in [3.63, 3.8) is 0 Å². The third kappa shape index (κ3) is 3.77. The number of benzene rings is 2. The molecule has 0 saturated heterocycles. The average molecular weight is 437 g/mol. The number of methoxy groups -OCH3 is 1.